The molecule has 2 atom stereocenters. The molecule has 1 aliphatic rings. The first-order valence-corrected chi connectivity index (χ1v) is 6.36. The Hall–Kier alpha value is -0.720. The van der Waals surface area contributed by atoms with Crippen LogP contribution in [0.15, 0.2) is 0 Å². The Balaban J connectivity index is 1.99. The van der Waals surface area contributed by atoms with E-state index in [1.807, 2.05) is 0 Å². The molecule has 1 aromatic heterocycles. The number of nitrogens with two attached hydrogens (primary N) is 1. The largest absolute Gasteiger partial charge is 0.388 e. The molecule has 0 amide bonds. The van der Waals surface area contributed by atoms with E-state index in [-0.39, 0.29) is 0 Å². The van der Waals surface area contributed by atoms with Gasteiger partial charge in [-0.15, -0.1) is 5.10 Å². The predicted molar refractivity (Wildman–Crippen MR) is 66.3 cm³/mol. The van der Waals surface area contributed by atoms with Gasteiger partial charge in [-0.2, -0.15) is 0 Å². The van der Waals surface area contributed by atoms with Gasteiger partial charge in [-0.25, -0.2) is 0 Å². The van der Waals surface area contributed by atoms with Gasteiger partial charge in [0.25, 0.3) is 0 Å². The molecule has 0 bridgehead atoms. The lowest BCUT2D eigenvalue weighted by atomic mass is 10.1. The highest BCUT2D eigenvalue weighted by Crippen LogP contribution is 2.19. The Morgan fingerprint density at radius 1 is 1.38 bits per heavy atom. The lowest BCUT2D eigenvalue weighted by Crippen LogP contribution is -2.54. The monoisotopic (exact) mass is 241 g/mol. The van der Waals surface area contributed by atoms with Crippen molar-refractivity contribution in [3.63, 3.8) is 0 Å². The van der Waals surface area contributed by atoms with Gasteiger partial charge in [0.2, 0.25) is 0 Å². The van der Waals surface area contributed by atoms with E-state index in [0.29, 0.717) is 12.1 Å². The van der Waals surface area contributed by atoms with Crippen LogP contribution in [0.1, 0.15) is 19.5 Å². The van der Waals surface area contributed by atoms with Gasteiger partial charge in [-0.3, -0.25) is 9.80 Å². The molecule has 90 valence electrons. The number of aromatic nitrogens is 2. The Kier molecular flexibility index (Phi) is 3.41. The number of piperazine rings is 1. The Labute approximate surface area is 100 Å². The average Bonchev–Trinajstić information content (AvgIpc) is 2.61. The van der Waals surface area contributed by atoms with Crippen molar-refractivity contribution in [1.82, 2.24) is 19.4 Å². The van der Waals surface area contributed by atoms with Crippen molar-refractivity contribution in [1.29, 1.82) is 0 Å². The third-order valence-corrected chi connectivity index (χ3v) is 3.99. The molecular weight excluding hydrogens is 222 g/mol. The second kappa shape index (κ2) is 4.65. The first-order chi connectivity index (χ1) is 7.58. The van der Waals surface area contributed by atoms with Crippen molar-refractivity contribution in [2.45, 2.75) is 32.5 Å². The normalized spacial score (nSPS) is 28.4. The van der Waals surface area contributed by atoms with Crippen LogP contribution in [0, 0.1) is 0 Å². The van der Waals surface area contributed by atoms with Crippen LogP contribution in [0.5, 0.6) is 0 Å². The zero-order chi connectivity index (χ0) is 11.7. The molecule has 2 unspecified atom stereocenters. The van der Waals surface area contributed by atoms with Crippen LogP contribution in [0.3, 0.4) is 0 Å². The number of anilines is 1. The van der Waals surface area contributed by atoms with Gasteiger partial charge in [0.15, 0.2) is 0 Å². The third kappa shape index (κ3) is 2.34. The molecule has 5 nitrogen and oxygen atoms in total. The summed E-state index contributed by atoms with van der Waals surface area (Å²) in [6.45, 7) is 7.47. The first-order valence-electron chi connectivity index (χ1n) is 5.59. The molecule has 1 aliphatic heterocycles. The highest BCUT2D eigenvalue weighted by atomic mass is 32.1. The quantitative estimate of drug-likeness (QED) is 0.823. The minimum atomic E-state index is 0.580. The SMILES string of the molecule is CC1CN(Cc2nnsc2N)CC(C)N1C. The van der Waals surface area contributed by atoms with E-state index in [1.165, 1.54) is 11.5 Å². The van der Waals surface area contributed by atoms with Gasteiger partial charge in [-0.1, -0.05) is 4.49 Å². The minimum absolute atomic E-state index is 0.580. The first kappa shape index (κ1) is 11.8. The molecule has 2 N–H and O–H groups in total. The van der Waals surface area contributed by atoms with Gasteiger partial charge >= 0.3 is 0 Å². The topological polar surface area (TPSA) is 58.3 Å². The second-order valence-electron chi connectivity index (χ2n) is 4.64. The summed E-state index contributed by atoms with van der Waals surface area (Å²) in [6.07, 6.45) is 0. The summed E-state index contributed by atoms with van der Waals surface area (Å²) in [7, 11) is 2.19. The molecule has 0 aromatic carbocycles. The molecule has 1 saturated heterocycles. The van der Waals surface area contributed by atoms with Crippen molar-refractivity contribution >= 4 is 16.5 Å². The maximum absolute atomic E-state index is 5.81. The van der Waals surface area contributed by atoms with Crippen LogP contribution in [0.4, 0.5) is 5.00 Å². The van der Waals surface area contributed by atoms with Crippen LogP contribution >= 0.6 is 11.5 Å². The van der Waals surface area contributed by atoms with E-state index in [4.69, 9.17) is 5.73 Å². The van der Waals surface area contributed by atoms with Gasteiger partial charge in [-0.05, 0) is 20.9 Å². The number of hydrogen-bond acceptors (Lipinski definition) is 6. The molecular formula is C10H19N5S. The average molecular weight is 241 g/mol. The van der Waals surface area contributed by atoms with Gasteiger partial charge < -0.3 is 5.73 Å². The van der Waals surface area contributed by atoms with Crippen molar-refractivity contribution < 1.29 is 0 Å². The van der Waals surface area contributed by atoms with Gasteiger partial charge in [0.05, 0.1) is 0 Å². The molecule has 6 heteroatoms. The number of likely N-dealkylation sites (N-methyl/N-ethyl adjacent to an activating group) is 1. The van der Waals surface area contributed by atoms with E-state index in [1.54, 1.807) is 0 Å². The highest BCUT2D eigenvalue weighted by Gasteiger charge is 2.27. The van der Waals surface area contributed by atoms with Crippen LogP contribution in [0.25, 0.3) is 0 Å². The lowest BCUT2D eigenvalue weighted by Gasteiger charge is -2.42. The van der Waals surface area contributed by atoms with Crippen molar-refractivity contribution in [2.75, 3.05) is 25.9 Å². The van der Waals surface area contributed by atoms with E-state index in [2.05, 4.69) is 40.3 Å². The van der Waals surface area contributed by atoms with Crippen molar-refractivity contribution in [2.24, 2.45) is 0 Å². The Morgan fingerprint density at radius 3 is 2.50 bits per heavy atom. The van der Waals surface area contributed by atoms with Crippen LogP contribution in [-0.2, 0) is 6.54 Å². The number of nitrogens with zero attached hydrogens (tertiary/aromatic N) is 4. The summed E-state index contributed by atoms with van der Waals surface area (Å²) in [5.74, 6) is 0. The minimum Gasteiger partial charge on any atom is -0.388 e. The predicted octanol–water partition coefficient (Wildman–Crippen LogP) is 0.645. The molecule has 0 saturated carbocycles. The molecule has 0 radical (unpaired) electrons. The number of nitrogen functional groups attached to an aromatic ring is 1. The number of rotatable bonds is 2. The third-order valence-electron chi connectivity index (χ3n) is 3.39. The summed E-state index contributed by atoms with van der Waals surface area (Å²) in [6, 6.07) is 1.16. The van der Waals surface area contributed by atoms with Crippen LogP contribution in [-0.4, -0.2) is 51.6 Å². The van der Waals surface area contributed by atoms with E-state index < -0.39 is 0 Å². The molecule has 2 rings (SSSR count). The molecule has 0 spiro atoms. The Bertz CT molecular complexity index is 341. The van der Waals surface area contributed by atoms with Crippen LogP contribution < -0.4 is 5.73 Å². The van der Waals surface area contributed by atoms with E-state index >= 15 is 0 Å². The lowest BCUT2D eigenvalue weighted by molar-refractivity contribution is 0.0550. The zero-order valence-electron chi connectivity index (χ0n) is 10.1. The molecule has 2 heterocycles. The van der Waals surface area contributed by atoms with Crippen LogP contribution in [0.2, 0.25) is 0 Å². The smallest absolute Gasteiger partial charge is 0.132 e. The molecule has 0 aliphatic carbocycles. The summed E-state index contributed by atoms with van der Waals surface area (Å²) in [5, 5.41) is 4.82. The molecule has 1 aromatic rings. The maximum Gasteiger partial charge on any atom is 0.132 e. The van der Waals surface area contributed by atoms with E-state index in [9.17, 15) is 0 Å². The fourth-order valence-corrected chi connectivity index (χ4v) is 2.62. The molecule has 1 fully saturated rings. The highest BCUT2D eigenvalue weighted by molar-refractivity contribution is 7.09. The summed E-state index contributed by atoms with van der Waals surface area (Å²) in [5.41, 5.74) is 6.74. The van der Waals surface area contributed by atoms with Crippen molar-refractivity contribution in [3.8, 4) is 0 Å². The standard InChI is InChI=1S/C10H19N5S/c1-7-4-15(5-8(2)14(7)3)6-9-10(11)16-13-12-9/h7-8H,4-6,11H2,1-3H3. The van der Waals surface area contributed by atoms with Gasteiger partial charge in [0, 0.05) is 43.3 Å². The molecule has 16 heavy (non-hydrogen) atoms. The fourth-order valence-electron chi connectivity index (χ4n) is 2.18. The summed E-state index contributed by atoms with van der Waals surface area (Å²) >= 11 is 1.27. The van der Waals surface area contributed by atoms with Crippen molar-refractivity contribution in [3.05, 3.63) is 5.69 Å². The Morgan fingerprint density at radius 2 is 2.00 bits per heavy atom. The zero-order valence-corrected chi connectivity index (χ0v) is 10.9. The van der Waals surface area contributed by atoms with E-state index in [0.717, 1.165) is 30.3 Å². The second-order valence-corrected chi connectivity index (χ2v) is 5.43. The summed E-state index contributed by atoms with van der Waals surface area (Å²) in [4.78, 5) is 4.82. The van der Waals surface area contributed by atoms with Gasteiger partial charge in [0.1, 0.15) is 10.7 Å². The summed E-state index contributed by atoms with van der Waals surface area (Å²) < 4.78 is 3.87. The fraction of sp³-hybridized carbons (Fsp3) is 0.800. The maximum atomic E-state index is 5.81. The number of hydrogen-bond donors (Lipinski definition) is 1.